The maximum absolute atomic E-state index is 13.6. The minimum atomic E-state index is -1.07. The first kappa shape index (κ1) is 37.0. The van der Waals surface area contributed by atoms with Crippen molar-refractivity contribution in [3.63, 3.8) is 0 Å². The highest BCUT2D eigenvalue weighted by Gasteiger charge is 2.44. The minimum Gasteiger partial charge on any atom is -0.352 e. The standard InChI is InChI=1S/C33H50N6O6/c1-20(2)18-22-11-13-23(14-12-22)36-28(42)24(10-9-17-35-31(34)45)37-29(43)27(21(3)4)38-30(44)32(5,6)19-33(7,8)39-25(40)15-16-26(39)41/h11-16,20-21,24,27H,9-10,17-19H2,1-8H3,(H,36,42)(H,37,43)(H,38,44)(H3,34,35,45)/t24-,27?/m0/s1. The average Bonchev–Trinajstić information content (AvgIpc) is 3.26. The fourth-order valence-corrected chi connectivity index (χ4v) is 5.58. The summed E-state index contributed by atoms with van der Waals surface area (Å²) in [7, 11) is 0. The summed E-state index contributed by atoms with van der Waals surface area (Å²) in [6.07, 6.45) is 4.02. The lowest BCUT2D eigenvalue weighted by molar-refractivity contribution is -0.146. The van der Waals surface area contributed by atoms with Gasteiger partial charge in [0.25, 0.3) is 11.8 Å². The van der Waals surface area contributed by atoms with E-state index in [1.165, 1.54) is 12.2 Å². The van der Waals surface area contributed by atoms with Crippen molar-refractivity contribution >= 4 is 41.3 Å². The number of nitrogens with one attached hydrogen (secondary N) is 4. The lowest BCUT2D eigenvalue weighted by atomic mass is 9.78. The third-order valence-electron chi connectivity index (χ3n) is 7.61. The van der Waals surface area contributed by atoms with Crippen molar-refractivity contribution in [2.24, 2.45) is 23.0 Å². The summed E-state index contributed by atoms with van der Waals surface area (Å²) in [5.41, 5.74) is 4.83. The van der Waals surface area contributed by atoms with Gasteiger partial charge in [-0.1, -0.05) is 53.7 Å². The van der Waals surface area contributed by atoms with Crippen molar-refractivity contribution in [3.05, 3.63) is 42.0 Å². The lowest BCUT2D eigenvalue weighted by Gasteiger charge is -2.40. The molecule has 1 aromatic carbocycles. The Balaban J connectivity index is 2.17. The third kappa shape index (κ3) is 11.0. The van der Waals surface area contributed by atoms with Crippen LogP contribution in [-0.4, -0.2) is 64.6 Å². The van der Waals surface area contributed by atoms with Crippen molar-refractivity contribution in [2.75, 3.05) is 11.9 Å². The predicted molar refractivity (Wildman–Crippen MR) is 173 cm³/mol. The first-order valence-corrected chi connectivity index (χ1v) is 15.4. The number of urea groups is 1. The van der Waals surface area contributed by atoms with E-state index in [2.05, 4.69) is 35.1 Å². The van der Waals surface area contributed by atoms with Crippen molar-refractivity contribution in [2.45, 2.75) is 98.7 Å². The first-order valence-electron chi connectivity index (χ1n) is 15.4. The summed E-state index contributed by atoms with van der Waals surface area (Å²) in [6, 6.07) is 4.87. The largest absolute Gasteiger partial charge is 0.352 e. The van der Waals surface area contributed by atoms with E-state index in [-0.39, 0.29) is 25.3 Å². The van der Waals surface area contributed by atoms with Crippen molar-refractivity contribution in [1.82, 2.24) is 20.9 Å². The van der Waals surface area contributed by atoms with E-state index in [4.69, 9.17) is 5.73 Å². The maximum Gasteiger partial charge on any atom is 0.312 e. The Bertz CT molecular complexity index is 1270. The van der Waals surface area contributed by atoms with Gasteiger partial charge in [-0.05, 0) is 69.1 Å². The van der Waals surface area contributed by atoms with E-state index in [0.29, 0.717) is 18.0 Å². The van der Waals surface area contributed by atoms with E-state index in [0.717, 1.165) is 16.9 Å². The van der Waals surface area contributed by atoms with Crippen LogP contribution in [0.5, 0.6) is 0 Å². The highest BCUT2D eigenvalue weighted by Crippen LogP contribution is 2.34. The minimum absolute atomic E-state index is 0.144. The van der Waals surface area contributed by atoms with Crippen LogP contribution >= 0.6 is 0 Å². The van der Waals surface area contributed by atoms with Crippen LogP contribution in [0.2, 0.25) is 0 Å². The van der Waals surface area contributed by atoms with Gasteiger partial charge < -0.3 is 27.0 Å². The van der Waals surface area contributed by atoms with E-state index < -0.39 is 58.6 Å². The van der Waals surface area contributed by atoms with Gasteiger partial charge in [-0.25, -0.2) is 4.79 Å². The van der Waals surface area contributed by atoms with Crippen molar-refractivity contribution in [3.8, 4) is 0 Å². The lowest BCUT2D eigenvalue weighted by Crippen LogP contribution is -2.57. The number of amides is 7. The molecular formula is C33H50N6O6. The van der Waals surface area contributed by atoms with Gasteiger partial charge in [0.15, 0.2) is 0 Å². The van der Waals surface area contributed by atoms with E-state index in [1.54, 1.807) is 41.5 Å². The van der Waals surface area contributed by atoms with E-state index in [9.17, 15) is 28.8 Å². The SMILES string of the molecule is CC(C)Cc1ccc(NC(=O)[C@H](CCCNC(N)=O)NC(=O)C(NC(=O)C(C)(C)CC(C)(C)N2C(=O)C=CC2=O)C(C)C)cc1. The number of hydrogen-bond acceptors (Lipinski definition) is 6. The Morgan fingerprint density at radius 1 is 0.867 bits per heavy atom. The second-order valence-electron chi connectivity index (χ2n) is 13.7. The van der Waals surface area contributed by atoms with Gasteiger partial charge in [-0.2, -0.15) is 0 Å². The highest BCUT2D eigenvalue weighted by molar-refractivity contribution is 6.13. The Morgan fingerprint density at radius 2 is 1.44 bits per heavy atom. The van der Waals surface area contributed by atoms with Crippen molar-refractivity contribution < 1.29 is 28.8 Å². The number of rotatable bonds is 16. The Morgan fingerprint density at radius 3 is 1.96 bits per heavy atom. The second-order valence-corrected chi connectivity index (χ2v) is 13.7. The van der Waals surface area contributed by atoms with Gasteiger partial charge >= 0.3 is 6.03 Å². The smallest absolute Gasteiger partial charge is 0.312 e. The van der Waals surface area contributed by atoms with Crippen LogP contribution in [0.15, 0.2) is 36.4 Å². The molecule has 0 saturated carbocycles. The molecule has 0 saturated heterocycles. The van der Waals surface area contributed by atoms with Crippen LogP contribution in [0.25, 0.3) is 0 Å². The Labute approximate surface area is 266 Å². The molecule has 1 heterocycles. The number of benzene rings is 1. The molecule has 248 valence electrons. The number of nitrogens with two attached hydrogens (primary N) is 1. The Hall–Kier alpha value is -4.22. The maximum atomic E-state index is 13.6. The fraction of sp³-hybridized carbons (Fsp3) is 0.576. The zero-order valence-corrected chi connectivity index (χ0v) is 27.8. The topological polar surface area (TPSA) is 180 Å². The summed E-state index contributed by atoms with van der Waals surface area (Å²) in [5, 5.41) is 11.0. The fourth-order valence-electron chi connectivity index (χ4n) is 5.58. The molecule has 1 aromatic rings. The normalized spacial score (nSPS) is 14.8. The molecule has 0 aromatic heterocycles. The summed E-state index contributed by atoms with van der Waals surface area (Å²) in [6.45, 7) is 14.8. The molecule has 0 fully saturated rings. The molecule has 45 heavy (non-hydrogen) atoms. The molecule has 0 aliphatic carbocycles. The molecule has 7 amide bonds. The van der Waals surface area contributed by atoms with Crippen LogP contribution in [0.4, 0.5) is 10.5 Å². The number of carbonyl (C=O) groups excluding carboxylic acids is 6. The molecule has 0 bridgehead atoms. The van der Waals surface area contributed by atoms with Gasteiger partial charge in [0.1, 0.15) is 12.1 Å². The molecule has 1 aliphatic heterocycles. The number of hydrogen-bond donors (Lipinski definition) is 5. The number of nitrogens with zero attached hydrogens (tertiary/aromatic N) is 1. The first-order chi connectivity index (χ1) is 20.8. The highest BCUT2D eigenvalue weighted by atomic mass is 16.2. The molecule has 12 nitrogen and oxygen atoms in total. The molecule has 12 heteroatoms. The molecule has 2 atom stereocenters. The molecule has 1 aliphatic rings. The van der Waals surface area contributed by atoms with E-state index >= 15 is 0 Å². The van der Waals surface area contributed by atoms with Gasteiger partial charge in [0.05, 0.1) is 0 Å². The number of imide groups is 1. The monoisotopic (exact) mass is 626 g/mol. The van der Waals surface area contributed by atoms with Crippen LogP contribution in [0.3, 0.4) is 0 Å². The molecule has 0 spiro atoms. The van der Waals surface area contributed by atoms with Crippen LogP contribution in [0.1, 0.15) is 80.2 Å². The zero-order chi connectivity index (χ0) is 34.1. The quantitative estimate of drug-likeness (QED) is 0.139. The zero-order valence-electron chi connectivity index (χ0n) is 27.8. The summed E-state index contributed by atoms with van der Waals surface area (Å²) < 4.78 is 0. The second kappa shape index (κ2) is 15.7. The van der Waals surface area contributed by atoms with Gasteiger partial charge in [0, 0.05) is 35.3 Å². The molecule has 2 rings (SSSR count). The van der Waals surface area contributed by atoms with Gasteiger partial charge in [-0.3, -0.25) is 28.9 Å². The molecule has 1 unspecified atom stereocenters. The summed E-state index contributed by atoms with van der Waals surface area (Å²) >= 11 is 0. The summed E-state index contributed by atoms with van der Waals surface area (Å²) in [4.78, 5) is 77.3. The van der Waals surface area contributed by atoms with Gasteiger partial charge in [-0.15, -0.1) is 0 Å². The van der Waals surface area contributed by atoms with Crippen molar-refractivity contribution in [1.29, 1.82) is 0 Å². The van der Waals surface area contributed by atoms with Crippen LogP contribution < -0.4 is 27.0 Å². The predicted octanol–water partition coefficient (Wildman–Crippen LogP) is 3.02. The number of carbonyl (C=O) groups is 6. The Kier molecular flexibility index (Phi) is 12.9. The number of anilines is 1. The molecular weight excluding hydrogens is 576 g/mol. The van der Waals surface area contributed by atoms with Crippen LogP contribution in [0, 0.1) is 17.3 Å². The summed E-state index contributed by atoms with van der Waals surface area (Å²) in [5.74, 6) is -2.16. The van der Waals surface area contributed by atoms with E-state index in [1.807, 2.05) is 24.3 Å². The van der Waals surface area contributed by atoms with Crippen LogP contribution in [-0.2, 0) is 30.4 Å². The van der Waals surface area contributed by atoms with Gasteiger partial charge in [0.2, 0.25) is 17.7 Å². The molecule has 6 N–H and O–H groups in total. The molecule has 0 radical (unpaired) electrons. The average molecular weight is 627 g/mol. The number of primary amides is 1. The third-order valence-corrected chi connectivity index (χ3v) is 7.61.